The summed E-state index contributed by atoms with van der Waals surface area (Å²) in [5.41, 5.74) is 8.96. The van der Waals surface area contributed by atoms with Gasteiger partial charge in [-0.1, -0.05) is 20.3 Å². The van der Waals surface area contributed by atoms with Crippen LogP contribution in [0.4, 0.5) is 5.82 Å². The van der Waals surface area contributed by atoms with Crippen LogP contribution < -0.4 is 10.5 Å². The largest absolute Gasteiger partial charge is 0.494 e. The SMILES string of the molecule is CCCOc1ccc(-c2ncnc(N)c2CCC)cc1. The number of anilines is 1. The Morgan fingerprint density at radius 1 is 1.05 bits per heavy atom. The Balaban J connectivity index is 2.29. The van der Waals surface area contributed by atoms with Crippen LogP contribution in [0.15, 0.2) is 30.6 Å². The van der Waals surface area contributed by atoms with Crippen LogP contribution in [0.1, 0.15) is 32.3 Å². The van der Waals surface area contributed by atoms with Crippen LogP contribution in [0.5, 0.6) is 5.75 Å². The fourth-order valence-corrected chi connectivity index (χ4v) is 2.10. The van der Waals surface area contributed by atoms with Crippen molar-refractivity contribution >= 4 is 5.82 Å². The molecule has 0 atom stereocenters. The average Bonchev–Trinajstić information content (AvgIpc) is 2.48. The van der Waals surface area contributed by atoms with E-state index in [9.17, 15) is 0 Å². The minimum absolute atomic E-state index is 0.572. The molecule has 106 valence electrons. The van der Waals surface area contributed by atoms with Gasteiger partial charge >= 0.3 is 0 Å². The van der Waals surface area contributed by atoms with Crippen molar-refractivity contribution in [3.05, 3.63) is 36.2 Å². The van der Waals surface area contributed by atoms with Gasteiger partial charge in [-0.3, -0.25) is 0 Å². The van der Waals surface area contributed by atoms with Gasteiger partial charge in [0.2, 0.25) is 0 Å². The average molecular weight is 271 g/mol. The Kier molecular flexibility index (Phi) is 4.93. The van der Waals surface area contributed by atoms with Crippen LogP contribution in [0.3, 0.4) is 0 Å². The highest BCUT2D eigenvalue weighted by atomic mass is 16.5. The minimum Gasteiger partial charge on any atom is -0.494 e. The lowest BCUT2D eigenvalue weighted by Crippen LogP contribution is -2.02. The van der Waals surface area contributed by atoms with Crippen molar-refractivity contribution in [1.29, 1.82) is 0 Å². The van der Waals surface area contributed by atoms with Crippen LogP contribution in [0.25, 0.3) is 11.3 Å². The van der Waals surface area contributed by atoms with Crippen molar-refractivity contribution in [1.82, 2.24) is 9.97 Å². The molecule has 0 bridgehead atoms. The van der Waals surface area contributed by atoms with Gasteiger partial charge in [-0.05, 0) is 37.1 Å². The molecule has 2 N–H and O–H groups in total. The van der Waals surface area contributed by atoms with Crippen LogP contribution in [-0.4, -0.2) is 16.6 Å². The third-order valence-corrected chi connectivity index (χ3v) is 3.08. The topological polar surface area (TPSA) is 61.0 Å². The quantitative estimate of drug-likeness (QED) is 0.874. The van der Waals surface area contributed by atoms with Gasteiger partial charge in [0.05, 0.1) is 12.3 Å². The molecule has 0 saturated carbocycles. The number of ether oxygens (including phenoxy) is 1. The van der Waals surface area contributed by atoms with Crippen LogP contribution in [0, 0.1) is 0 Å². The molecule has 0 aliphatic heterocycles. The molecule has 0 spiro atoms. The number of nitrogens with zero attached hydrogens (tertiary/aromatic N) is 2. The lowest BCUT2D eigenvalue weighted by Gasteiger charge is -2.10. The van der Waals surface area contributed by atoms with E-state index in [4.69, 9.17) is 10.5 Å². The normalized spacial score (nSPS) is 10.5. The molecular weight excluding hydrogens is 250 g/mol. The van der Waals surface area contributed by atoms with Crippen molar-refractivity contribution in [3.63, 3.8) is 0 Å². The molecule has 2 rings (SSSR count). The number of hydrogen-bond acceptors (Lipinski definition) is 4. The highest BCUT2D eigenvalue weighted by Crippen LogP contribution is 2.27. The van der Waals surface area contributed by atoms with Gasteiger partial charge in [0.1, 0.15) is 17.9 Å². The zero-order valence-corrected chi connectivity index (χ0v) is 12.1. The molecule has 1 aromatic carbocycles. The molecule has 0 aliphatic rings. The Hall–Kier alpha value is -2.10. The van der Waals surface area contributed by atoms with Gasteiger partial charge in [0.25, 0.3) is 0 Å². The molecule has 1 aromatic heterocycles. The summed E-state index contributed by atoms with van der Waals surface area (Å²) in [5.74, 6) is 1.46. The molecule has 0 amide bonds. The van der Waals surface area contributed by atoms with Gasteiger partial charge in [0.15, 0.2) is 0 Å². The van der Waals surface area contributed by atoms with E-state index >= 15 is 0 Å². The maximum Gasteiger partial charge on any atom is 0.130 e. The molecule has 0 saturated heterocycles. The fraction of sp³-hybridized carbons (Fsp3) is 0.375. The summed E-state index contributed by atoms with van der Waals surface area (Å²) < 4.78 is 5.59. The highest BCUT2D eigenvalue weighted by Gasteiger charge is 2.10. The van der Waals surface area contributed by atoms with E-state index in [0.29, 0.717) is 5.82 Å². The summed E-state index contributed by atoms with van der Waals surface area (Å²) in [6.07, 6.45) is 4.43. The Morgan fingerprint density at radius 3 is 2.45 bits per heavy atom. The Labute approximate surface area is 120 Å². The van der Waals surface area contributed by atoms with Crippen LogP contribution in [-0.2, 0) is 6.42 Å². The number of aromatic nitrogens is 2. The first kappa shape index (κ1) is 14.3. The maximum absolute atomic E-state index is 5.96. The van der Waals surface area contributed by atoms with Crippen LogP contribution >= 0.6 is 0 Å². The highest BCUT2D eigenvalue weighted by molar-refractivity contribution is 5.67. The summed E-state index contributed by atoms with van der Waals surface area (Å²) in [6, 6.07) is 7.98. The van der Waals surface area contributed by atoms with E-state index in [2.05, 4.69) is 23.8 Å². The number of nitrogen functional groups attached to an aromatic ring is 1. The van der Waals surface area contributed by atoms with E-state index in [1.807, 2.05) is 24.3 Å². The summed E-state index contributed by atoms with van der Waals surface area (Å²) in [6.45, 7) is 4.95. The Bertz CT molecular complexity index is 552. The summed E-state index contributed by atoms with van der Waals surface area (Å²) >= 11 is 0. The van der Waals surface area contributed by atoms with E-state index in [0.717, 1.165) is 48.4 Å². The fourth-order valence-electron chi connectivity index (χ4n) is 2.10. The first-order chi connectivity index (χ1) is 9.76. The Morgan fingerprint density at radius 2 is 1.80 bits per heavy atom. The first-order valence-corrected chi connectivity index (χ1v) is 7.08. The lowest BCUT2D eigenvalue weighted by atomic mass is 10.0. The first-order valence-electron chi connectivity index (χ1n) is 7.08. The van der Waals surface area contributed by atoms with Crippen molar-refractivity contribution in [2.75, 3.05) is 12.3 Å². The van der Waals surface area contributed by atoms with Crippen molar-refractivity contribution in [3.8, 4) is 17.0 Å². The van der Waals surface area contributed by atoms with E-state index in [1.165, 1.54) is 6.33 Å². The number of hydrogen-bond donors (Lipinski definition) is 1. The molecular formula is C16H21N3O. The third kappa shape index (κ3) is 3.26. The third-order valence-electron chi connectivity index (χ3n) is 3.08. The molecule has 0 radical (unpaired) electrons. The standard InChI is InChI=1S/C16H21N3O/c1-3-5-14-15(18-11-19-16(14)17)12-6-8-13(9-7-12)20-10-4-2/h6-9,11H,3-5,10H2,1-2H3,(H2,17,18,19). The zero-order valence-electron chi connectivity index (χ0n) is 12.1. The van der Waals surface area contributed by atoms with Crippen LogP contribution in [0.2, 0.25) is 0 Å². The monoisotopic (exact) mass is 271 g/mol. The summed E-state index contributed by atoms with van der Waals surface area (Å²) in [5, 5.41) is 0. The maximum atomic E-state index is 5.96. The summed E-state index contributed by atoms with van der Waals surface area (Å²) in [4.78, 5) is 8.47. The molecule has 2 aromatic rings. The number of rotatable bonds is 6. The second-order valence-electron chi connectivity index (χ2n) is 4.71. The zero-order chi connectivity index (χ0) is 14.4. The van der Waals surface area contributed by atoms with Gasteiger partial charge in [-0.25, -0.2) is 9.97 Å². The van der Waals surface area contributed by atoms with E-state index in [-0.39, 0.29) is 0 Å². The predicted octanol–water partition coefficient (Wildman–Crippen LogP) is 3.47. The molecule has 0 unspecified atom stereocenters. The smallest absolute Gasteiger partial charge is 0.130 e. The van der Waals surface area contributed by atoms with Crippen molar-refractivity contribution in [2.24, 2.45) is 0 Å². The number of nitrogens with two attached hydrogens (primary N) is 1. The predicted molar refractivity (Wildman–Crippen MR) is 81.7 cm³/mol. The van der Waals surface area contributed by atoms with E-state index in [1.54, 1.807) is 0 Å². The molecule has 0 aliphatic carbocycles. The molecule has 0 fully saturated rings. The van der Waals surface area contributed by atoms with Gasteiger partial charge < -0.3 is 10.5 Å². The van der Waals surface area contributed by atoms with E-state index < -0.39 is 0 Å². The van der Waals surface area contributed by atoms with Crippen molar-refractivity contribution in [2.45, 2.75) is 33.1 Å². The minimum atomic E-state index is 0.572. The summed E-state index contributed by atoms with van der Waals surface area (Å²) in [7, 11) is 0. The molecule has 4 heteroatoms. The van der Waals surface area contributed by atoms with Gasteiger partial charge in [0, 0.05) is 11.1 Å². The van der Waals surface area contributed by atoms with Gasteiger partial charge in [-0.15, -0.1) is 0 Å². The molecule has 4 nitrogen and oxygen atoms in total. The second-order valence-corrected chi connectivity index (χ2v) is 4.71. The second kappa shape index (κ2) is 6.89. The lowest BCUT2D eigenvalue weighted by molar-refractivity contribution is 0.317. The van der Waals surface area contributed by atoms with Crippen molar-refractivity contribution < 1.29 is 4.74 Å². The number of benzene rings is 1. The molecule has 20 heavy (non-hydrogen) atoms. The van der Waals surface area contributed by atoms with Gasteiger partial charge in [-0.2, -0.15) is 0 Å². The molecule has 1 heterocycles.